The summed E-state index contributed by atoms with van der Waals surface area (Å²) >= 11 is 0. The molecule has 0 aliphatic heterocycles. The number of hydrazine groups is 1. The highest BCUT2D eigenvalue weighted by Crippen LogP contribution is 1.96. The van der Waals surface area contributed by atoms with Crippen molar-refractivity contribution in [1.82, 2.24) is 10.4 Å². The molecule has 0 unspecified atom stereocenters. The van der Waals surface area contributed by atoms with E-state index in [1.54, 1.807) is 0 Å². The van der Waals surface area contributed by atoms with E-state index in [4.69, 9.17) is 0 Å². The van der Waals surface area contributed by atoms with Gasteiger partial charge in [-0.15, -0.1) is 0 Å². The molecule has 0 aromatic heterocycles. The second-order valence-electron chi connectivity index (χ2n) is 1.70. The van der Waals surface area contributed by atoms with Gasteiger partial charge in [0.15, 0.2) is 0 Å². The largest absolute Gasteiger partial charge is 0.316 e. The minimum absolute atomic E-state index is 0.997. The van der Waals surface area contributed by atoms with Crippen LogP contribution < -0.4 is 5.43 Å². The maximum atomic E-state index is 3.81. The molecular formula is C6H14N2. The van der Waals surface area contributed by atoms with Gasteiger partial charge in [0, 0.05) is 19.8 Å². The topological polar surface area (TPSA) is 15.3 Å². The van der Waals surface area contributed by atoms with Gasteiger partial charge in [0.1, 0.15) is 0 Å². The van der Waals surface area contributed by atoms with E-state index < -0.39 is 0 Å². The van der Waals surface area contributed by atoms with Crippen LogP contribution in [-0.2, 0) is 0 Å². The van der Waals surface area contributed by atoms with E-state index in [0.29, 0.717) is 0 Å². The molecule has 0 aromatic rings. The SMILES string of the molecule is C=C(CC)N(C)NC. The highest BCUT2D eigenvalue weighted by atomic mass is 15.5. The van der Waals surface area contributed by atoms with Crippen molar-refractivity contribution in [3.63, 3.8) is 0 Å². The number of hydrogen-bond acceptors (Lipinski definition) is 2. The highest BCUT2D eigenvalue weighted by molar-refractivity contribution is 4.87. The molecule has 0 aliphatic carbocycles. The molecule has 0 fully saturated rings. The molecule has 1 N–H and O–H groups in total. The van der Waals surface area contributed by atoms with Gasteiger partial charge in [-0.1, -0.05) is 13.5 Å². The maximum absolute atomic E-state index is 3.81. The van der Waals surface area contributed by atoms with Crippen LogP contribution >= 0.6 is 0 Å². The molecule has 2 nitrogen and oxygen atoms in total. The molecule has 0 spiro atoms. The molecule has 0 saturated heterocycles. The summed E-state index contributed by atoms with van der Waals surface area (Å²) in [4.78, 5) is 0. The Bertz CT molecular complexity index is 78.6. The van der Waals surface area contributed by atoms with Crippen LogP contribution in [0.5, 0.6) is 0 Å². The van der Waals surface area contributed by atoms with Gasteiger partial charge in [0.25, 0.3) is 0 Å². The Morgan fingerprint density at radius 1 is 1.75 bits per heavy atom. The first-order valence-electron chi connectivity index (χ1n) is 2.81. The highest BCUT2D eigenvalue weighted by Gasteiger charge is 1.91. The van der Waals surface area contributed by atoms with Gasteiger partial charge in [-0.3, -0.25) is 0 Å². The van der Waals surface area contributed by atoms with E-state index in [0.717, 1.165) is 12.1 Å². The van der Waals surface area contributed by atoms with Gasteiger partial charge in [0.05, 0.1) is 0 Å². The fourth-order valence-electron chi connectivity index (χ4n) is 0.395. The summed E-state index contributed by atoms with van der Waals surface area (Å²) < 4.78 is 0. The zero-order valence-corrected chi connectivity index (χ0v) is 5.86. The van der Waals surface area contributed by atoms with Crippen molar-refractivity contribution in [3.05, 3.63) is 12.3 Å². The molecule has 0 heterocycles. The average Bonchev–Trinajstić information content (AvgIpc) is 1.84. The molecule has 0 radical (unpaired) electrons. The van der Waals surface area contributed by atoms with Crippen molar-refractivity contribution in [2.45, 2.75) is 13.3 Å². The molecule has 0 aromatic carbocycles. The van der Waals surface area contributed by atoms with Crippen LogP contribution in [0.25, 0.3) is 0 Å². The normalized spacial score (nSPS) is 8.88. The fraction of sp³-hybridized carbons (Fsp3) is 0.667. The summed E-state index contributed by atoms with van der Waals surface area (Å²) in [6, 6.07) is 0. The molecular weight excluding hydrogens is 100 g/mol. The second kappa shape index (κ2) is 3.50. The number of nitrogens with one attached hydrogen (secondary N) is 1. The zero-order valence-electron chi connectivity index (χ0n) is 5.86. The molecule has 2 heteroatoms. The Kier molecular flexibility index (Phi) is 3.28. The first-order chi connectivity index (χ1) is 3.72. The Morgan fingerprint density at radius 2 is 2.25 bits per heavy atom. The van der Waals surface area contributed by atoms with Gasteiger partial charge in [-0.2, -0.15) is 0 Å². The maximum Gasteiger partial charge on any atom is 0.0228 e. The smallest absolute Gasteiger partial charge is 0.0228 e. The van der Waals surface area contributed by atoms with E-state index in [-0.39, 0.29) is 0 Å². The summed E-state index contributed by atoms with van der Waals surface area (Å²) in [6.07, 6.45) is 0.997. The lowest BCUT2D eigenvalue weighted by atomic mass is 10.4. The second-order valence-corrected chi connectivity index (χ2v) is 1.70. The van der Waals surface area contributed by atoms with Gasteiger partial charge < -0.3 is 5.01 Å². The summed E-state index contributed by atoms with van der Waals surface area (Å²) in [5.41, 5.74) is 4.05. The van der Waals surface area contributed by atoms with Crippen molar-refractivity contribution < 1.29 is 0 Å². The Morgan fingerprint density at radius 3 is 2.38 bits per heavy atom. The third-order valence-electron chi connectivity index (χ3n) is 1.22. The fourth-order valence-corrected chi connectivity index (χ4v) is 0.395. The molecule has 0 rings (SSSR count). The Balaban J connectivity index is 3.46. The predicted molar refractivity (Wildman–Crippen MR) is 36.3 cm³/mol. The van der Waals surface area contributed by atoms with Crippen molar-refractivity contribution >= 4 is 0 Å². The summed E-state index contributed by atoms with van der Waals surface area (Å²) in [7, 11) is 3.83. The first-order valence-corrected chi connectivity index (χ1v) is 2.81. The van der Waals surface area contributed by atoms with Crippen molar-refractivity contribution in [2.75, 3.05) is 14.1 Å². The zero-order chi connectivity index (χ0) is 6.57. The predicted octanol–water partition coefficient (Wildman–Crippen LogP) is 0.976. The van der Waals surface area contributed by atoms with E-state index in [1.165, 1.54) is 0 Å². The number of allylic oxidation sites excluding steroid dienone is 1. The third-order valence-corrected chi connectivity index (χ3v) is 1.22. The minimum Gasteiger partial charge on any atom is -0.316 e. The number of hydrogen-bond donors (Lipinski definition) is 1. The molecule has 48 valence electrons. The molecule has 0 atom stereocenters. The van der Waals surface area contributed by atoms with Gasteiger partial charge >= 0.3 is 0 Å². The standard InChI is InChI=1S/C6H14N2/c1-5-6(2)8(4)7-3/h7H,2,5H2,1,3-4H3. The lowest BCUT2D eigenvalue weighted by Crippen LogP contribution is -2.28. The quantitative estimate of drug-likeness (QED) is 0.550. The van der Waals surface area contributed by atoms with E-state index in [2.05, 4.69) is 18.9 Å². The summed E-state index contributed by atoms with van der Waals surface area (Å²) in [6.45, 7) is 5.89. The van der Waals surface area contributed by atoms with E-state index in [9.17, 15) is 0 Å². The van der Waals surface area contributed by atoms with Gasteiger partial charge in [0.2, 0.25) is 0 Å². The van der Waals surface area contributed by atoms with Crippen LogP contribution in [0.2, 0.25) is 0 Å². The van der Waals surface area contributed by atoms with Crippen LogP contribution in [0, 0.1) is 0 Å². The lowest BCUT2D eigenvalue weighted by Gasteiger charge is -2.18. The van der Waals surface area contributed by atoms with Crippen LogP contribution in [0.1, 0.15) is 13.3 Å². The average molecular weight is 114 g/mol. The Hall–Kier alpha value is -0.500. The Labute approximate surface area is 51.2 Å². The third kappa shape index (κ3) is 1.98. The van der Waals surface area contributed by atoms with Crippen molar-refractivity contribution in [1.29, 1.82) is 0 Å². The molecule has 0 bridgehead atoms. The van der Waals surface area contributed by atoms with Gasteiger partial charge in [-0.05, 0) is 6.42 Å². The molecule has 8 heavy (non-hydrogen) atoms. The molecule has 0 saturated carbocycles. The first kappa shape index (κ1) is 7.50. The molecule has 0 amide bonds. The van der Waals surface area contributed by atoms with Crippen LogP contribution in [-0.4, -0.2) is 19.1 Å². The number of nitrogens with zero attached hydrogens (tertiary/aromatic N) is 1. The van der Waals surface area contributed by atoms with E-state index >= 15 is 0 Å². The monoisotopic (exact) mass is 114 g/mol. The van der Waals surface area contributed by atoms with Crippen molar-refractivity contribution in [2.24, 2.45) is 0 Å². The van der Waals surface area contributed by atoms with Gasteiger partial charge in [-0.25, -0.2) is 5.43 Å². The van der Waals surface area contributed by atoms with Crippen molar-refractivity contribution in [3.8, 4) is 0 Å². The van der Waals surface area contributed by atoms with Crippen LogP contribution in [0.3, 0.4) is 0 Å². The summed E-state index contributed by atoms with van der Waals surface area (Å²) in [5, 5.41) is 1.90. The minimum atomic E-state index is 0.997. The molecule has 0 aliphatic rings. The lowest BCUT2D eigenvalue weighted by molar-refractivity contribution is 0.325. The number of rotatable bonds is 3. The van der Waals surface area contributed by atoms with Crippen LogP contribution in [0.15, 0.2) is 12.3 Å². The van der Waals surface area contributed by atoms with Crippen LogP contribution in [0.4, 0.5) is 0 Å². The van der Waals surface area contributed by atoms with E-state index in [1.807, 2.05) is 19.1 Å². The summed E-state index contributed by atoms with van der Waals surface area (Å²) in [5.74, 6) is 0.